The lowest BCUT2D eigenvalue weighted by atomic mass is 9.93. The van der Waals surface area contributed by atoms with Crippen molar-refractivity contribution in [2.75, 3.05) is 33.6 Å². The molecule has 0 amide bonds. The number of ether oxygens (including phenoxy) is 3. The molecule has 1 rings (SSSR count). The van der Waals surface area contributed by atoms with E-state index in [4.69, 9.17) is 48.0 Å². The van der Waals surface area contributed by atoms with Gasteiger partial charge in [0.1, 0.15) is 32.3 Å². The summed E-state index contributed by atoms with van der Waals surface area (Å²) in [4.78, 5) is 10.9. The molecular weight excluding hydrogens is 318 g/mol. The molecule has 0 aromatic heterocycles. The molecule has 1 heterocycles. The van der Waals surface area contributed by atoms with Crippen LogP contribution in [0.1, 0.15) is 6.92 Å². The van der Waals surface area contributed by atoms with Crippen LogP contribution in [0, 0.1) is 0 Å². The van der Waals surface area contributed by atoms with Gasteiger partial charge in [-0.1, -0.05) is 0 Å². The van der Waals surface area contributed by atoms with Crippen LogP contribution in [0.15, 0.2) is 0 Å². The van der Waals surface area contributed by atoms with E-state index in [0.29, 0.717) is 6.61 Å². The Bertz CT molecular complexity index is 397. The highest BCUT2D eigenvalue weighted by Crippen LogP contribution is 2.50. The van der Waals surface area contributed by atoms with E-state index in [0.717, 1.165) is 0 Å². The second kappa shape index (κ2) is 8.57. The first kappa shape index (κ1) is 19.0. The van der Waals surface area contributed by atoms with Gasteiger partial charge in [-0.3, -0.25) is 4.79 Å². The smallest absolute Gasteiger partial charge is 0.313 e. The standard InChI is InChI=1S/C11H20BO7PS/c1-4-17-5-7-9(10(15-2)11(12)18-7)19-20(21,16-3)6-8(13)14/h7,9-11H,4-6H2,1-3H3,(H,13,14). The lowest BCUT2D eigenvalue weighted by molar-refractivity contribution is -0.134. The van der Waals surface area contributed by atoms with Crippen LogP contribution in [-0.2, 0) is 39.9 Å². The van der Waals surface area contributed by atoms with Crippen molar-refractivity contribution in [3.8, 4) is 0 Å². The molecule has 0 bridgehead atoms. The number of rotatable bonds is 9. The zero-order chi connectivity index (χ0) is 16.0. The molecule has 0 aliphatic carbocycles. The third kappa shape index (κ3) is 5.28. The average Bonchev–Trinajstić information content (AvgIpc) is 2.70. The van der Waals surface area contributed by atoms with Gasteiger partial charge >= 0.3 is 5.97 Å². The summed E-state index contributed by atoms with van der Waals surface area (Å²) >= 11 is 5.21. The molecule has 1 aliphatic heterocycles. The predicted octanol–water partition coefficient (Wildman–Crippen LogP) is 0.357. The molecule has 0 aromatic carbocycles. The van der Waals surface area contributed by atoms with Crippen LogP contribution < -0.4 is 0 Å². The topological polar surface area (TPSA) is 83.5 Å². The summed E-state index contributed by atoms with van der Waals surface area (Å²) in [5, 5.41) is 8.93. The summed E-state index contributed by atoms with van der Waals surface area (Å²) in [7, 11) is 8.65. The monoisotopic (exact) mass is 338 g/mol. The van der Waals surface area contributed by atoms with Gasteiger partial charge in [0.05, 0.1) is 6.61 Å². The molecule has 1 fully saturated rings. The summed E-state index contributed by atoms with van der Waals surface area (Å²) in [5.41, 5.74) is 0. The fourth-order valence-corrected chi connectivity index (χ4v) is 3.89. The fraction of sp³-hybridized carbons (Fsp3) is 0.909. The van der Waals surface area contributed by atoms with Crippen molar-refractivity contribution >= 4 is 32.1 Å². The van der Waals surface area contributed by atoms with Crippen molar-refractivity contribution in [1.82, 2.24) is 0 Å². The van der Waals surface area contributed by atoms with Gasteiger partial charge in [-0.2, -0.15) is 0 Å². The Hall–Kier alpha value is -0.0151. The van der Waals surface area contributed by atoms with Gasteiger partial charge in [-0.05, 0) is 18.7 Å². The highest BCUT2D eigenvalue weighted by Gasteiger charge is 2.46. The number of carboxylic acid groups (broad SMARTS) is 1. The lowest BCUT2D eigenvalue weighted by Crippen LogP contribution is -2.38. The molecule has 1 aliphatic rings. The van der Waals surface area contributed by atoms with Crippen LogP contribution in [-0.4, -0.2) is 76.8 Å². The molecule has 1 saturated heterocycles. The Balaban J connectivity index is 2.86. The summed E-state index contributed by atoms with van der Waals surface area (Å²) < 4.78 is 27.0. The Kier molecular flexibility index (Phi) is 7.77. The maximum atomic E-state index is 10.9. The van der Waals surface area contributed by atoms with Gasteiger partial charge in [0.15, 0.2) is 6.49 Å². The molecule has 5 atom stereocenters. The fourth-order valence-electron chi connectivity index (χ4n) is 2.02. The van der Waals surface area contributed by atoms with Gasteiger partial charge < -0.3 is 28.4 Å². The first-order valence-corrected chi connectivity index (χ1v) is 9.25. The van der Waals surface area contributed by atoms with Gasteiger partial charge in [0, 0.05) is 26.8 Å². The van der Waals surface area contributed by atoms with Gasteiger partial charge in [0.2, 0.25) is 0 Å². The number of carbonyl (C=O) groups is 1. The Morgan fingerprint density at radius 1 is 1.43 bits per heavy atom. The Morgan fingerprint density at radius 2 is 2.10 bits per heavy atom. The van der Waals surface area contributed by atoms with Crippen LogP contribution in [0.2, 0.25) is 0 Å². The van der Waals surface area contributed by atoms with E-state index in [-0.39, 0.29) is 12.8 Å². The normalized spacial score (nSPS) is 32.0. The van der Waals surface area contributed by atoms with Gasteiger partial charge in [0.25, 0.3) is 0 Å². The van der Waals surface area contributed by atoms with E-state index in [1.54, 1.807) is 0 Å². The first-order chi connectivity index (χ1) is 9.86. The predicted molar refractivity (Wildman–Crippen MR) is 80.4 cm³/mol. The molecule has 7 nitrogen and oxygen atoms in total. The molecule has 2 radical (unpaired) electrons. The number of methoxy groups -OCH3 is 1. The maximum Gasteiger partial charge on any atom is 0.313 e. The SMILES string of the molecule is [B]C1OC(COCC)C(OP(=S)(CC(=O)O)OC)C1OC. The minimum Gasteiger partial charge on any atom is -0.481 e. The van der Waals surface area contributed by atoms with Crippen LogP contribution >= 0.6 is 6.49 Å². The molecule has 0 spiro atoms. The minimum atomic E-state index is -2.99. The van der Waals surface area contributed by atoms with Crippen molar-refractivity contribution in [2.24, 2.45) is 0 Å². The van der Waals surface area contributed by atoms with E-state index in [1.165, 1.54) is 14.2 Å². The number of aliphatic carboxylic acids is 1. The second-order valence-electron chi connectivity index (χ2n) is 4.41. The third-order valence-electron chi connectivity index (χ3n) is 2.99. The summed E-state index contributed by atoms with van der Waals surface area (Å²) in [6, 6.07) is -0.699. The summed E-state index contributed by atoms with van der Waals surface area (Å²) in [5.74, 6) is -1.08. The highest BCUT2D eigenvalue weighted by molar-refractivity contribution is 8.10. The zero-order valence-corrected chi connectivity index (χ0v) is 14.0. The third-order valence-corrected chi connectivity index (χ3v) is 5.87. The summed E-state index contributed by atoms with van der Waals surface area (Å²) in [6.07, 6.45) is -2.08. The van der Waals surface area contributed by atoms with E-state index >= 15 is 0 Å². The quantitative estimate of drug-likeness (QED) is 0.477. The number of hydrogen-bond acceptors (Lipinski definition) is 7. The maximum absolute atomic E-state index is 10.9. The van der Waals surface area contributed by atoms with Crippen molar-refractivity contribution in [1.29, 1.82) is 0 Å². The largest absolute Gasteiger partial charge is 0.481 e. The zero-order valence-electron chi connectivity index (χ0n) is 12.3. The highest BCUT2D eigenvalue weighted by atomic mass is 32.5. The lowest BCUT2D eigenvalue weighted by Gasteiger charge is -2.28. The van der Waals surface area contributed by atoms with Gasteiger partial charge in [-0.15, -0.1) is 0 Å². The summed E-state index contributed by atoms with van der Waals surface area (Å²) in [6.45, 7) is -0.382. The Morgan fingerprint density at radius 3 is 2.57 bits per heavy atom. The molecule has 21 heavy (non-hydrogen) atoms. The first-order valence-electron chi connectivity index (χ1n) is 6.43. The number of carboxylic acids is 1. The molecule has 10 heteroatoms. The molecule has 5 unspecified atom stereocenters. The van der Waals surface area contributed by atoms with Crippen LogP contribution in [0.3, 0.4) is 0 Å². The van der Waals surface area contributed by atoms with E-state index in [2.05, 4.69) is 0 Å². The van der Waals surface area contributed by atoms with E-state index < -0.39 is 36.8 Å². The van der Waals surface area contributed by atoms with Crippen LogP contribution in [0.4, 0.5) is 0 Å². The van der Waals surface area contributed by atoms with Crippen LogP contribution in [0.5, 0.6) is 0 Å². The van der Waals surface area contributed by atoms with E-state index in [9.17, 15) is 4.79 Å². The van der Waals surface area contributed by atoms with E-state index in [1.807, 2.05) is 6.92 Å². The van der Waals surface area contributed by atoms with Crippen molar-refractivity contribution in [3.05, 3.63) is 0 Å². The van der Waals surface area contributed by atoms with Crippen molar-refractivity contribution in [3.63, 3.8) is 0 Å². The second-order valence-corrected chi connectivity index (χ2v) is 8.20. The molecule has 0 saturated carbocycles. The molecule has 0 aromatic rings. The molecule has 120 valence electrons. The molecular formula is C11H20BO7PS. The Labute approximate surface area is 130 Å². The average molecular weight is 338 g/mol. The minimum absolute atomic E-state index is 0.251. The van der Waals surface area contributed by atoms with Gasteiger partial charge in [-0.25, -0.2) is 0 Å². The van der Waals surface area contributed by atoms with Crippen molar-refractivity contribution in [2.45, 2.75) is 31.2 Å². The van der Waals surface area contributed by atoms with Crippen molar-refractivity contribution < 1.29 is 33.2 Å². The van der Waals surface area contributed by atoms with Crippen LogP contribution in [0.25, 0.3) is 0 Å². The number of hydrogen-bond donors (Lipinski definition) is 1. The molecule has 1 N–H and O–H groups in total.